The molecule has 1 fully saturated rings. The summed E-state index contributed by atoms with van der Waals surface area (Å²) in [5.74, 6) is 1.91. The second-order valence-electron chi connectivity index (χ2n) is 4.33. The zero-order chi connectivity index (χ0) is 11.4. The van der Waals surface area contributed by atoms with Crippen molar-refractivity contribution in [2.45, 2.75) is 45.2 Å². The molecule has 0 aromatic carbocycles. The van der Waals surface area contributed by atoms with Crippen LogP contribution in [-0.2, 0) is 6.54 Å². The number of rotatable bonds is 5. The number of alkyl halides is 1. The van der Waals surface area contributed by atoms with Gasteiger partial charge in [-0.3, -0.25) is 0 Å². The molecule has 0 radical (unpaired) electrons. The van der Waals surface area contributed by atoms with Gasteiger partial charge in [-0.1, -0.05) is 0 Å². The predicted octanol–water partition coefficient (Wildman–Crippen LogP) is 2.89. The molecule has 1 saturated heterocycles. The topological polar surface area (TPSA) is 21.1 Å². The van der Waals surface area contributed by atoms with Crippen LogP contribution < -0.4 is 4.90 Å². The van der Waals surface area contributed by atoms with Crippen LogP contribution in [0.5, 0.6) is 0 Å². The van der Waals surface area contributed by atoms with Crippen molar-refractivity contribution in [2.24, 2.45) is 0 Å². The van der Waals surface area contributed by atoms with E-state index in [2.05, 4.69) is 27.6 Å². The van der Waals surface area contributed by atoms with Gasteiger partial charge in [0.25, 0.3) is 0 Å². The fourth-order valence-corrected chi connectivity index (χ4v) is 2.67. The molecular weight excluding hydrogens is 222 g/mol. The van der Waals surface area contributed by atoms with Crippen molar-refractivity contribution in [3.05, 3.63) is 12.4 Å². The number of nitrogens with zero attached hydrogens (tertiary/aromatic N) is 3. The number of imidazole rings is 1. The van der Waals surface area contributed by atoms with Gasteiger partial charge in [0.05, 0.1) is 0 Å². The molecule has 0 bridgehead atoms. The van der Waals surface area contributed by atoms with Crippen LogP contribution in [-0.4, -0.2) is 28.0 Å². The third kappa shape index (κ3) is 2.34. The van der Waals surface area contributed by atoms with Crippen LogP contribution in [0, 0.1) is 0 Å². The van der Waals surface area contributed by atoms with Gasteiger partial charge in [0.2, 0.25) is 5.95 Å². The van der Waals surface area contributed by atoms with E-state index in [1.807, 2.05) is 6.20 Å². The maximum Gasteiger partial charge on any atom is 0.205 e. The molecule has 1 unspecified atom stereocenters. The molecule has 2 heterocycles. The Morgan fingerprint density at radius 3 is 3.19 bits per heavy atom. The normalized spacial score (nSPS) is 20.6. The molecule has 1 aromatic rings. The van der Waals surface area contributed by atoms with E-state index >= 15 is 0 Å². The SMILES string of the molecule is CCn1ccnc1N1CCCC1CCCCl. The van der Waals surface area contributed by atoms with Gasteiger partial charge >= 0.3 is 0 Å². The lowest BCUT2D eigenvalue weighted by Gasteiger charge is -2.26. The van der Waals surface area contributed by atoms with Gasteiger partial charge in [0.1, 0.15) is 0 Å². The van der Waals surface area contributed by atoms with E-state index in [0.29, 0.717) is 6.04 Å². The summed E-state index contributed by atoms with van der Waals surface area (Å²) in [6, 6.07) is 0.645. The molecule has 0 amide bonds. The van der Waals surface area contributed by atoms with E-state index in [1.54, 1.807) is 0 Å². The minimum absolute atomic E-state index is 0.645. The van der Waals surface area contributed by atoms with E-state index in [1.165, 1.54) is 19.3 Å². The number of hydrogen-bond donors (Lipinski definition) is 0. The number of aryl methyl sites for hydroxylation is 1. The molecule has 1 aliphatic rings. The van der Waals surface area contributed by atoms with Crippen LogP contribution in [0.25, 0.3) is 0 Å². The monoisotopic (exact) mass is 241 g/mol. The highest BCUT2D eigenvalue weighted by Gasteiger charge is 2.26. The highest BCUT2D eigenvalue weighted by Crippen LogP contribution is 2.26. The Kier molecular flexibility index (Phi) is 4.10. The Bertz CT molecular complexity index is 324. The average Bonchev–Trinajstić information content (AvgIpc) is 2.93. The van der Waals surface area contributed by atoms with E-state index < -0.39 is 0 Å². The van der Waals surface area contributed by atoms with E-state index in [9.17, 15) is 0 Å². The van der Waals surface area contributed by atoms with Gasteiger partial charge in [-0.15, -0.1) is 11.6 Å². The largest absolute Gasteiger partial charge is 0.339 e. The van der Waals surface area contributed by atoms with Gasteiger partial charge < -0.3 is 9.47 Å². The predicted molar refractivity (Wildman–Crippen MR) is 68.2 cm³/mol. The maximum absolute atomic E-state index is 5.77. The Morgan fingerprint density at radius 2 is 2.44 bits per heavy atom. The molecule has 90 valence electrons. The van der Waals surface area contributed by atoms with E-state index in [0.717, 1.165) is 31.3 Å². The first-order chi connectivity index (χ1) is 7.86. The molecule has 0 aliphatic carbocycles. The van der Waals surface area contributed by atoms with Crippen LogP contribution in [0.2, 0.25) is 0 Å². The van der Waals surface area contributed by atoms with Crippen LogP contribution in [0.1, 0.15) is 32.6 Å². The molecule has 1 aromatic heterocycles. The smallest absolute Gasteiger partial charge is 0.205 e. The fourth-order valence-electron chi connectivity index (χ4n) is 2.52. The molecule has 2 rings (SSSR count). The Hall–Kier alpha value is -0.700. The van der Waals surface area contributed by atoms with Crippen molar-refractivity contribution in [3.8, 4) is 0 Å². The Labute approximate surface area is 102 Å². The summed E-state index contributed by atoms with van der Waals surface area (Å²) in [5, 5.41) is 0. The molecule has 1 aliphatic heterocycles. The van der Waals surface area contributed by atoms with Crippen molar-refractivity contribution in [1.82, 2.24) is 9.55 Å². The minimum Gasteiger partial charge on any atom is -0.339 e. The Balaban J connectivity index is 2.07. The summed E-state index contributed by atoms with van der Waals surface area (Å²) >= 11 is 5.77. The summed E-state index contributed by atoms with van der Waals surface area (Å²) < 4.78 is 2.22. The molecule has 0 N–H and O–H groups in total. The first-order valence-corrected chi connectivity index (χ1v) is 6.74. The standard InChI is InChI=1S/C12H20ClN3/c1-2-15-10-8-14-12(15)16-9-4-6-11(16)5-3-7-13/h8,10-11H,2-7,9H2,1H3. The average molecular weight is 242 g/mol. The molecule has 0 saturated carbocycles. The van der Waals surface area contributed by atoms with Crippen molar-refractivity contribution in [2.75, 3.05) is 17.3 Å². The minimum atomic E-state index is 0.645. The highest BCUT2D eigenvalue weighted by atomic mass is 35.5. The van der Waals surface area contributed by atoms with Crippen LogP contribution in [0.4, 0.5) is 5.95 Å². The van der Waals surface area contributed by atoms with Gasteiger partial charge in [0.15, 0.2) is 0 Å². The van der Waals surface area contributed by atoms with Gasteiger partial charge in [-0.25, -0.2) is 4.98 Å². The molecule has 4 heteroatoms. The summed E-state index contributed by atoms with van der Waals surface area (Å²) in [7, 11) is 0. The number of hydrogen-bond acceptors (Lipinski definition) is 2. The number of aromatic nitrogens is 2. The first-order valence-electron chi connectivity index (χ1n) is 6.20. The summed E-state index contributed by atoms with van der Waals surface area (Å²) in [5.41, 5.74) is 0. The molecular formula is C12H20ClN3. The lowest BCUT2D eigenvalue weighted by molar-refractivity contribution is 0.582. The van der Waals surface area contributed by atoms with Crippen molar-refractivity contribution in [3.63, 3.8) is 0 Å². The summed E-state index contributed by atoms with van der Waals surface area (Å²) in [6.07, 6.45) is 8.83. The highest BCUT2D eigenvalue weighted by molar-refractivity contribution is 6.17. The molecule has 1 atom stereocenters. The fraction of sp³-hybridized carbons (Fsp3) is 0.750. The van der Waals surface area contributed by atoms with E-state index in [4.69, 9.17) is 11.6 Å². The number of anilines is 1. The zero-order valence-corrected chi connectivity index (χ0v) is 10.7. The third-order valence-electron chi connectivity index (χ3n) is 3.34. The lowest BCUT2D eigenvalue weighted by Crippen LogP contribution is -2.31. The first kappa shape index (κ1) is 11.8. The van der Waals surface area contributed by atoms with Crippen molar-refractivity contribution < 1.29 is 0 Å². The molecule has 0 spiro atoms. The summed E-state index contributed by atoms with van der Waals surface area (Å²) in [4.78, 5) is 6.94. The van der Waals surface area contributed by atoms with Crippen LogP contribution >= 0.6 is 11.6 Å². The van der Waals surface area contributed by atoms with Gasteiger partial charge in [-0.2, -0.15) is 0 Å². The van der Waals surface area contributed by atoms with E-state index in [-0.39, 0.29) is 0 Å². The molecule has 3 nitrogen and oxygen atoms in total. The summed E-state index contributed by atoms with van der Waals surface area (Å²) in [6.45, 7) is 4.30. The second kappa shape index (κ2) is 5.58. The number of halogens is 1. The quantitative estimate of drug-likeness (QED) is 0.740. The third-order valence-corrected chi connectivity index (χ3v) is 3.61. The second-order valence-corrected chi connectivity index (χ2v) is 4.71. The zero-order valence-electron chi connectivity index (χ0n) is 9.90. The van der Waals surface area contributed by atoms with Crippen molar-refractivity contribution >= 4 is 17.5 Å². The van der Waals surface area contributed by atoms with Crippen molar-refractivity contribution in [1.29, 1.82) is 0 Å². The van der Waals surface area contributed by atoms with Gasteiger partial charge in [-0.05, 0) is 32.6 Å². The maximum atomic E-state index is 5.77. The van der Waals surface area contributed by atoms with Crippen LogP contribution in [0.15, 0.2) is 12.4 Å². The van der Waals surface area contributed by atoms with Crippen LogP contribution in [0.3, 0.4) is 0 Å². The van der Waals surface area contributed by atoms with Gasteiger partial charge in [0, 0.05) is 37.4 Å². The molecule has 16 heavy (non-hydrogen) atoms. The lowest BCUT2D eigenvalue weighted by atomic mass is 10.1. The Morgan fingerprint density at radius 1 is 1.56 bits per heavy atom.